The van der Waals surface area contributed by atoms with Crippen LogP contribution < -0.4 is 5.32 Å². The first-order chi connectivity index (χ1) is 5.33. The van der Waals surface area contributed by atoms with Gasteiger partial charge >= 0.3 is 5.97 Å². The van der Waals surface area contributed by atoms with Gasteiger partial charge in [-0.3, -0.25) is 4.79 Å². The summed E-state index contributed by atoms with van der Waals surface area (Å²) in [6, 6.07) is 0. The standard InChI is InChI=1S/C7H14N2O2/c1-2-3-7(10)11-9-5-4-8-6-9/h8H,2-6H2,1H3. The molecule has 0 unspecified atom stereocenters. The Balaban J connectivity index is 2.13. The zero-order chi connectivity index (χ0) is 8.10. The number of hydrogen-bond acceptors (Lipinski definition) is 4. The molecule has 64 valence electrons. The van der Waals surface area contributed by atoms with Crippen LogP contribution in [0.15, 0.2) is 0 Å². The second-order valence-corrected chi connectivity index (χ2v) is 2.58. The van der Waals surface area contributed by atoms with E-state index < -0.39 is 0 Å². The first kappa shape index (κ1) is 8.49. The van der Waals surface area contributed by atoms with E-state index >= 15 is 0 Å². The van der Waals surface area contributed by atoms with Gasteiger partial charge in [0.1, 0.15) is 0 Å². The van der Waals surface area contributed by atoms with Gasteiger partial charge in [-0.25, -0.2) is 0 Å². The van der Waals surface area contributed by atoms with E-state index in [1.54, 1.807) is 5.06 Å². The van der Waals surface area contributed by atoms with Gasteiger partial charge in [-0.1, -0.05) is 6.92 Å². The van der Waals surface area contributed by atoms with Crippen LogP contribution in [0.1, 0.15) is 19.8 Å². The summed E-state index contributed by atoms with van der Waals surface area (Å²) in [5.41, 5.74) is 0. The van der Waals surface area contributed by atoms with Gasteiger partial charge in [-0.15, -0.1) is 5.06 Å². The number of nitrogens with zero attached hydrogens (tertiary/aromatic N) is 1. The zero-order valence-electron chi connectivity index (χ0n) is 6.80. The van der Waals surface area contributed by atoms with E-state index in [2.05, 4.69) is 5.32 Å². The van der Waals surface area contributed by atoms with Crippen molar-refractivity contribution in [3.8, 4) is 0 Å². The molecule has 0 spiro atoms. The molecule has 0 saturated carbocycles. The number of nitrogens with one attached hydrogen (secondary N) is 1. The van der Waals surface area contributed by atoms with Crippen molar-refractivity contribution in [3.63, 3.8) is 0 Å². The largest absolute Gasteiger partial charge is 0.367 e. The highest BCUT2D eigenvalue weighted by atomic mass is 16.7. The van der Waals surface area contributed by atoms with Crippen LogP contribution in [0.4, 0.5) is 0 Å². The molecule has 4 heteroatoms. The van der Waals surface area contributed by atoms with E-state index in [4.69, 9.17) is 4.84 Å². The molecular weight excluding hydrogens is 144 g/mol. The molecule has 0 bridgehead atoms. The molecule has 0 aromatic heterocycles. The molecule has 1 heterocycles. The second kappa shape index (κ2) is 4.31. The van der Waals surface area contributed by atoms with Crippen LogP contribution in [-0.2, 0) is 9.63 Å². The minimum atomic E-state index is -0.129. The fourth-order valence-electron chi connectivity index (χ4n) is 0.958. The molecule has 1 saturated heterocycles. The Morgan fingerprint density at radius 2 is 2.55 bits per heavy atom. The molecule has 4 nitrogen and oxygen atoms in total. The van der Waals surface area contributed by atoms with E-state index in [-0.39, 0.29) is 5.97 Å². The molecule has 1 aliphatic heterocycles. The maximum Gasteiger partial charge on any atom is 0.325 e. The molecule has 1 rings (SSSR count). The zero-order valence-corrected chi connectivity index (χ0v) is 6.80. The van der Waals surface area contributed by atoms with Crippen molar-refractivity contribution in [2.75, 3.05) is 19.8 Å². The van der Waals surface area contributed by atoms with Crippen molar-refractivity contribution in [2.45, 2.75) is 19.8 Å². The van der Waals surface area contributed by atoms with Crippen molar-refractivity contribution in [2.24, 2.45) is 0 Å². The molecule has 11 heavy (non-hydrogen) atoms. The number of hydroxylamine groups is 2. The first-order valence-corrected chi connectivity index (χ1v) is 3.99. The summed E-state index contributed by atoms with van der Waals surface area (Å²) < 4.78 is 0. The van der Waals surface area contributed by atoms with Crippen molar-refractivity contribution in [1.29, 1.82) is 0 Å². The maximum atomic E-state index is 10.9. The minimum Gasteiger partial charge on any atom is -0.367 e. The molecular formula is C7H14N2O2. The normalized spacial score (nSPS) is 18.6. The second-order valence-electron chi connectivity index (χ2n) is 2.58. The average Bonchev–Trinajstić information content (AvgIpc) is 2.40. The van der Waals surface area contributed by atoms with E-state index in [1.165, 1.54) is 0 Å². The average molecular weight is 158 g/mol. The number of carbonyl (C=O) groups excluding carboxylic acids is 1. The van der Waals surface area contributed by atoms with E-state index in [0.717, 1.165) is 19.5 Å². The highest BCUT2D eigenvalue weighted by molar-refractivity contribution is 5.68. The highest BCUT2D eigenvalue weighted by Crippen LogP contribution is 1.98. The third-order valence-corrected chi connectivity index (χ3v) is 1.51. The number of carbonyl (C=O) groups is 1. The Morgan fingerprint density at radius 1 is 1.73 bits per heavy atom. The van der Waals surface area contributed by atoms with Gasteiger partial charge in [-0.05, 0) is 6.42 Å². The molecule has 0 aromatic rings. The van der Waals surface area contributed by atoms with Crippen molar-refractivity contribution < 1.29 is 9.63 Å². The quantitative estimate of drug-likeness (QED) is 0.633. The van der Waals surface area contributed by atoms with Gasteiger partial charge in [0, 0.05) is 19.5 Å². The molecule has 1 N–H and O–H groups in total. The van der Waals surface area contributed by atoms with Crippen LogP contribution in [-0.4, -0.2) is 30.8 Å². The van der Waals surface area contributed by atoms with Crippen LogP contribution in [0.5, 0.6) is 0 Å². The third kappa shape index (κ3) is 2.86. The van der Waals surface area contributed by atoms with Gasteiger partial charge in [0.15, 0.2) is 0 Å². The summed E-state index contributed by atoms with van der Waals surface area (Å²) in [5, 5.41) is 4.72. The molecule has 0 atom stereocenters. The number of hydrogen-bond donors (Lipinski definition) is 1. The van der Waals surface area contributed by atoms with Crippen LogP contribution in [0.25, 0.3) is 0 Å². The minimum absolute atomic E-state index is 0.129. The lowest BCUT2D eigenvalue weighted by Crippen LogP contribution is -2.25. The summed E-state index contributed by atoms with van der Waals surface area (Å²) in [4.78, 5) is 15.9. The fraction of sp³-hybridized carbons (Fsp3) is 0.857. The van der Waals surface area contributed by atoms with Gasteiger partial charge < -0.3 is 10.2 Å². The molecule has 0 aromatic carbocycles. The van der Waals surface area contributed by atoms with Gasteiger partial charge in [0.25, 0.3) is 0 Å². The summed E-state index contributed by atoms with van der Waals surface area (Å²) in [6.45, 7) is 4.33. The van der Waals surface area contributed by atoms with Crippen molar-refractivity contribution in [3.05, 3.63) is 0 Å². The lowest BCUT2D eigenvalue weighted by Gasteiger charge is -2.12. The van der Waals surface area contributed by atoms with E-state index in [1.807, 2.05) is 6.92 Å². The summed E-state index contributed by atoms with van der Waals surface area (Å²) in [6.07, 6.45) is 1.36. The highest BCUT2D eigenvalue weighted by Gasteiger charge is 2.14. The fourth-order valence-corrected chi connectivity index (χ4v) is 0.958. The lowest BCUT2D eigenvalue weighted by atomic mass is 10.3. The Kier molecular flexibility index (Phi) is 3.32. The van der Waals surface area contributed by atoms with Gasteiger partial charge in [0.05, 0.1) is 6.67 Å². The first-order valence-electron chi connectivity index (χ1n) is 3.99. The predicted molar refractivity (Wildman–Crippen MR) is 40.6 cm³/mol. The molecule has 1 fully saturated rings. The Bertz CT molecular complexity index is 132. The summed E-state index contributed by atoms with van der Waals surface area (Å²) in [7, 11) is 0. The molecule has 0 aliphatic carbocycles. The smallest absolute Gasteiger partial charge is 0.325 e. The van der Waals surface area contributed by atoms with Crippen LogP contribution in [0.2, 0.25) is 0 Å². The maximum absolute atomic E-state index is 10.9. The third-order valence-electron chi connectivity index (χ3n) is 1.51. The van der Waals surface area contributed by atoms with Gasteiger partial charge in [0.2, 0.25) is 0 Å². The lowest BCUT2D eigenvalue weighted by molar-refractivity contribution is -0.185. The van der Waals surface area contributed by atoms with Gasteiger partial charge in [-0.2, -0.15) is 0 Å². The SMILES string of the molecule is CCCC(=O)ON1CCNC1. The molecule has 1 aliphatic rings. The van der Waals surface area contributed by atoms with E-state index in [9.17, 15) is 4.79 Å². The summed E-state index contributed by atoms with van der Waals surface area (Å²) in [5.74, 6) is -0.129. The monoisotopic (exact) mass is 158 g/mol. The predicted octanol–water partition coefficient (Wildman–Crippen LogP) is 0.107. The van der Waals surface area contributed by atoms with E-state index in [0.29, 0.717) is 13.1 Å². The topological polar surface area (TPSA) is 41.6 Å². The van der Waals surface area contributed by atoms with Crippen molar-refractivity contribution >= 4 is 5.97 Å². The van der Waals surface area contributed by atoms with Crippen LogP contribution in [0.3, 0.4) is 0 Å². The van der Waals surface area contributed by atoms with Crippen molar-refractivity contribution in [1.82, 2.24) is 10.4 Å². The van der Waals surface area contributed by atoms with Crippen LogP contribution >= 0.6 is 0 Å². The molecule has 0 amide bonds. The molecule has 0 radical (unpaired) electrons. The Hall–Kier alpha value is -0.610. The Labute approximate surface area is 66.5 Å². The Morgan fingerprint density at radius 3 is 3.09 bits per heavy atom. The number of rotatable bonds is 3. The van der Waals surface area contributed by atoms with Crippen LogP contribution in [0, 0.1) is 0 Å². The summed E-state index contributed by atoms with van der Waals surface area (Å²) >= 11 is 0.